The van der Waals surface area contributed by atoms with Crippen molar-refractivity contribution in [3.8, 4) is 0 Å². The third-order valence-electron chi connectivity index (χ3n) is 2.74. The molecule has 0 aliphatic carbocycles. The summed E-state index contributed by atoms with van der Waals surface area (Å²) < 4.78 is 9.45. The topological polar surface area (TPSA) is 51.0 Å². The molecule has 0 saturated heterocycles. The molecule has 0 amide bonds. The fourth-order valence-corrected chi connectivity index (χ4v) is 2.72. The van der Waals surface area contributed by atoms with Gasteiger partial charge in [0.05, 0.1) is 22.9 Å². The SMILES string of the molecule is CNC(Cc1ccco1)c1snnc1C(C)C. The Morgan fingerprint density at radius 2 is 2.29 bits per heavy atom. The first-order valence-electron chi connectivity index (χ1n) is 5.74. The van der Waals surface area contributed by atoms with Gasteiger partial charge < -0.3 is 9.73 Å². The molecule has 17 heavy (non-hydrogen) atoms. The van der Waals surface area contributed by atoms with Crippen molar-refractivity contribution in [3.63, 3.8) is 0 Å². The van der Waals surface area contributed by atoms with Crippen LogP contribution < -0.4 is 5.32 Å². The molecule has 0 aliphatic rings. The van der Waals surface area contributed by atoms with Crippen LogP contribution in [0.2, 0.25) is 0 Å². The van der Waals surface area contributed by atoms with Crippen LogP contribution in [0.25, 0.3) is 0 Å². The normalized spacial score (nSPS) is 13.2. The number of hydrogen-bond donors (Lipinski definition) is 1. The molecule has 1 unspecified atom stereocenters. The van der Waals surface area contributed by atoms with Crippen LogP contribution in [0.5, 0.6) is 0 Å². The van der Waals surface area contributed by atoms with Crippen molar-refractivity contribution in [2.45, 2.75) is 32.2 Å². The second-order valence-electron chi connectivity index (χ2n) is 4.30. The lowest BCUT2D eigenvalue weighted by molar-refractivity contribution is 0.466. The first kappa shape index (κ1) is 12.3. The molecule has 1 atom stereocenters. The van der Waals surface area contributed by atoms with E-state index in [0.29, 0.717) is 5.92 Å². The van der Waals surface area contributed by atoms with E-state index in [1.807, 2.05) is 19.2 Å². The van der Waals surface area contributed by atoms with Gasteiger partial charge in [0.25, 0.3) is 0 Å². The van der Waals surface area contributed by atoms with Crippen LogP contribution in [0, 0.1) is 0 Å². The molecule has 4 nitrogen and oxygen atoms in total. The summed E-state index contributed by atoms with van der Waals surface area (Å²) in [6, 6.07) is 4.13. The predicted molar refractivity (Wildman–Crippen MR) is 68.2 cm³/mol. The lowest BCUT2D eigenvalue weighted by Crippen LogP contribution is -2.19. The second kappa shape index (κ2) is 5.42. The van der Waals surface area contributed by atoms with E-state index in [-0.39, 0.29) is 6.04 Å². The highest BCUT2D eigenvalue weighted by atomic mass is 32.1. The second-order valence-corrected chi connectivity index (χ2v) is 5.09. The van der Waals surface area contributed by atoms with Gasteiger partial charge in [-0.2, -0.15) is 0 Å². The Balaban J connectivity index is 2.20. The van der Waals surface area contributed by atoms with Crippen LogP contribution in [0.4, 0.5) is 0 Å². The van der Waals surface area contributed by atoms with E-state index in [1.54, 1.807) is 6.26 Å². The molecule has 2 aromatic rings. The minimum Gasteiger partial charge on any atom is -0.469 e. The monoisotopic (exact) mass is 251 g/mol. The number of hydrogen-bond acceptors (Lipinski definition) is 5. The molecule has 2 heterocycles. The largest absolute Gasteiger partial charge is 0.469 e. The van der Waals surface area contributed by atoms with Crippen LogP contribution in [0.15, 0.2) is 22.8 Å². The minimum atomic E-state index is 0.221. The molecule has 92 valence electrons. The van der Waals surface area contributed by atoms with Gasteiger partial charge in [-0.05, 0) is 36.6 Å². The minimum absolute atomic E-state index is 0.221. The number of nitrogens with zero attached hydrogens (tertiary/aromatic N) is 2. The van der Waals surface area contributed by atoms with Crippen LogP contribution in [-0.4, -0.2) is 16.6 Å². The molecular formula is C12H17N3OS. The van der Waals surface area contributed by atoms with Crippen LogP contribution in [0.1, 0.15) is 42.1 Å². The number of furan rings is 1. The highest BCUT2D eigenvalue weighted by molar-refractivity contribution is 7.05. The van der Waals surface area contributed by atoms with Gasteiger partial charge in [-0.1, -0.05) is 18.3 Å². The van der Waals surface area contributed by atoms with E-state index >= 15 is 0 Å². The molecule has 1 N–H and O–H groups in total. The Morgan fingerprint density at radius 3 is 2.88 bits per heavy atom. The van der Waals surface area contributed by atoms with Gasteiger partial charge in [-0.15, -0.1) is 5.10 Å². The Morgan fingerprint density at radius 1 is 1.47 bits per heavy atom. The van der Waals surface area contributed by atoms with Gasteiger partial charge in [0.2, 0.25) is 0 Å². The van der Waals surface area contributed by atoms with E-state index in [9.17, 15) is 0 Å². The summed E-state index contributed by atoms with van der Waals surface area (Å²) in [5, 5.41) is 7.52. The highest BCUT2D eigenvalue weighted by Crippen LogP contribution is 2.28. The molecule has 5 heteroatoms. The zero-order valence-electron chi connectivity index (χ0n) is 10.3. The van der Waals surface area contributed by atoms with E-state index in [0.717, 1.165) is 17.9 Å². The van der Waals surface area contributed by atoms with Gasteiger partial charge in [-0.3, -0.25) is 0 Å². The standard InChI is InChI=1S/C12H17N3OS/c1-8(2)11-12(17-15-14-11)10(13-3)7-9-5-4-6-16-9/h4-6,8,10,13H,7H2,1-3H3. The van der Waals surface area contributed by atoms with Crippen molar-refractivity contribution in [1.82, 2.24) is 14.9 Å². The van der Waals surface area contributed by atoms with Gasteiger partial charge in [0.1, 0.15) is 5.76 Å². The van der Waals surface area contributed by atoms with Crippen molar-refractivity contribution in [3.05, 3.63) is 34.7 Å². The van der Waals surface area contributed by atoms with Crippen molar-refractivity contribution >= 4 is 11.5 Å². The summed E-state index contributed by atoms with van der Waals surface area (Å²) in [5.74, 6) is 1.38. The van der Waals surface area contributed by atoms with Crippen molar-refractivity contribution in [2.24, 2.45) is 0 Å². The van der Waals surface area contributed by atoms with Crippen molar-refractivity contribution in [1.29, 1.82) is 0 Å². The average molecular weight is 251 g/mol. The number of nitrogens with one attached hydrogen (secondary N) is 1. The summed E-state index contributed by atoms with van der Waals surface area (Å²) in [4.78, 5) is 1.21. The van der Waals surface area contributed by atoms with Crippen LogP contribution in [0.3, 0.4) is 0 Å². The fraction of sp³-hybridized carbons (Fsp3) is 0.500. The fourth-order valence-electron chi connectivity index (χ4n) is 1.80. The highest BCUT2D eigenvalue weighted by Gasteiger charge is 2.20. The van der Waals surface area contributed by atoms with E-state index in [2.05, 4.69) is 28.8 Å². The van der Waals surface area contributed by atoms with Crippen molar-refractivity contribution < 1.29 is 4.42 Å². The molecular weight excluding hydrogens is 234 g/mol. The smallest absolute Gasteiger partial charge is 0.105 e. The third kappa shape index (κ3) is 2.73. The van der Waals surface area contributed by atoms with Crippen LogP contribution >= 0.6 is 11.5 Å². The summed E-state index contributed by atoms with van der Waals surface area (Å²) >= 11 is 1.47. The molecule has 0 fully saturated rings. The van der Waals surface area contributed by atoms with Gasteiger partial charge in [-0.25, -0.2) is 0 Å². The summed E-state index contributed by atoms with van der Waals surface area (Å²) in [5.41, 5.74) is 1.08. The predicted octanol–water partition coefficient (Wildman–Crippen LogP) is 2.76. The molecule has 2 aromatic heterocycles. The number of rotatable bonds is 5. The van der Waals surface area contributed by atoms with E-state index in [1.165, 1.54) is 16.4 Å². The Kier molecular flexibility index (Phi) is 3.91. The Labute approximate surface area is 105 Å². The third-order valence-corrected chi connectivity index (χ3v) is 3.59. The van der Waals surface area contributed by atoms with Crippen LogP contribution in [-0.2, 0) is 6.42 Å². The quantitative estimate of drug-likeness (QED) is 0.887. The maximum Gasteiger partial charge on any atom is 0.105 e. The van der Waals surface area contributed by atoms with Gasteiger partial charge in [0.15, 0.2) is 0 Å². The molecule has 2 rings (SSSR count). The molecule has 0 aromatic carbocycles. The first-order valence-corrected chi connectivity index (χ1v) is 6.51. The van der Waals surface area contributed by atoms with Gasteiger partial charge >= 0.3 is 0 Å². The molecule has 0 spiro atoms. The maximum atomic E-state index is 5.39. The summed E-state index contributed by atoms with van der Waals surface area (Å²) in [6.07, 6.45) is 2.53. The summed E-state index contributed by atoms with van der Waals surface area (Å²) in [6.45, 7) is 4.28. The molecule has 0 bridgehead atoms. The number of likely N-dealkylation sites (N-methyl/N-ethyl adjacent to an activating group) is 1. The Bertz CT molecular complexity index is 450. The zero-order valence-corrected chi connectivity index (χ0v) is 11.1. The molecule has 0 saturated carbocycles. The van der Waals surface area contributed by atoms with E-state index < -0.39 is 0 Å². The first-order chi connectivity index (χ1) is 8.22. The van der Waals surface area contributed by atoms with E-state index in [4.69, 9.17) is 4.42 Å². The molecule has 0 radical (unpaired) electrons. The lowest BCUT2D eigenvalue weighted by atomic mass is 10.0. The Hall–Kier alpha value is -1.20. The van der Waals surface area contributed by atoms with Gasteiger partial charge in [0, 0.05) is 6.42 Å². The number of aromatic nitrogens is 2. The molecule has 0 aliphatic heterocycles. The average Bonchev–Trinajstić information content (AvgIpc) is 2.96. The zero-order chi connectivity index (χ0) is 12.3. The summed E-state index contributed by atoms with van der Waals surface area (Å²) in [7, 11) is 1.96. The lowest BCUT2D eigenvalue weighted by Gasteiger charge is -2.15. The van der Waals surface area contributed by atoms with Crippen molar-refractivity contribution in [2.75, 3.05) is 7.05 Å². The maximum absolute atomic E-state index is 5.39.